The lowest BCUT2D eigenvalue weighted by Gasteiger charge is -2.22. The first-order valence-electron chi connectivity index (χ1n) is 23.9. The molecule has 0 fully saturated rings. The van der Waals surface area contributed by atoms with Gasteiger partial charge in [0, 0.05) is 19.5 Å². The Bertz CT molecular complexity index is 1220. The molecule has 3 rings (SSSR count). The first-order chi connectivity index (χ1) is 28.6. The van der Waals surface area contributed by atoms with Gasteiger partial charge in [0.25, 0.3) is 11.8 Å². The average molecular weight is 807 g/mol. The fourth-order valence-corrected chi connectivity index (χ4v) is 7.63. The molecule has 0 saturated heterocycles. The van der Waals surface area contributed by atoms with Crippen LogP contribution in [0.5, 0.6) is 23.0 Å². The van der Waals surface area contributed by atoms with Crippen LogP contribution in [-0.2, 0) is 9.59 Å². The highest BCUT2D eigenvalue weighted by molar-refractivity contribution is 5.82. The van der Waals surface area contributed by atoms with Crippen LogP contribution in [0.25, 0.3) is 0 Å². The smallest absolute Gasteiger partial charge is 0.261 e. The summed E-state index contributed by atoms with van der Waals surface area (Å²) >= 11 is 0. The van der Waals surface area contributed by atoms with Gasteiger partial charge in [-0.3, -0.25) is 9.59 Å². The van der Waals surface area contributed by atoms with Crippen LogP contribution in [0.4, 0.5) is 0 Å². The Morgan fingerprint density at radius 1 is 0.431 bits per heavy atom. The van der Waals surface area contributed by atoms with Gasteiger partial charge in [-0.05, 0) is 56.4 Å². The third-order valence-electron chi connectivity index (χ3n) is 11.2. The second-order valence-corrected chi connectivity index (χ2v) is 16.4. The van der Waals surface area contributed by atoms with Crippen LogP contribution in [0.15, 0.2) is 48.5 Å². The lowest BCUT2D eigenvalue weighted by molar-refractivity contribution is -0.128. The van der Waals surface area contributed by atoms with Crippen LogP contribution >= 0.6 is 0 Å². The molecule has 1 aliphatic rings. The summed E-state index contributed by atoms with van der Waals surface area (Å²) in [7, 11) is 0. The third-order valence-corrected chi connectivity index (χ3v) is 11.2. The molecule has 0 aromatic heterocycles. The number of carbonyl (C=O) groups excluding carboxylic acids is 2. The van der Waals surface area contributed by atoms with Crippen molar-refractivity contribution < 1.29 is 28.5 Å². The van der Waals surface area contributed by atoms with Crippen molar-refractivity contribution in [2.24, 2.45) is 0 Å². The maximum atomic E-state index is 13.6. The molecular weight excluding hydrogens is 725 g/mol. The van der Waals surface area contributed by atoms with Crippen molar-refractivity contribution in [2.75, 3.05) is 26.3 Å². The maximum absolute atomic E-state index is 13.6. The van der Waals surface area contributed by atoms with E-state index in [1.54, 1.807) is 0 Å². The molecule has 2 aromatic rings. The van der Waals surface area contributed by atoms with E-state index in [0.29, 0.717) is 75.0 Å². The van der Waals surface area contributed by atoms with Gasteiger partial charge in [0.1, 0.15) is 0 Å². The number of amides is 2. The fraction of sp³-hybridized carbons (Fsp3) is 0.720. The van der Waals surface area contributed by atoms with Gasteiger partial charge in [-0.25, -0.2) is 0 Å². The molecule has 58 heavy (non-hydrogen) atoms. The average Bonchev–Trinajstić information content (AvgIpc) is 3.23. The van der Waals surface area contributed by atoms with Gasteiger partial charge in [0.2, 0.25) is 0 Å². The SMILES string of the molecule is CCCCCCCCCCCCCCC1Oc2ccccc2OCCCOc2ccccc2OC(CCCCCCCCCCCCCC)C(=O)NCCCNC1=O. The molecule has 0 radical (unpaired) electrons. The normalized spacial score (nSPS) is 17.0. The number of hydrogen-bond acceptors (Lipinski definition) is 6. The number of fused-ring (bicyclic) bond motifs is 2. The second kappa shape index (κ2) is 33.4. The molecule has 0 bridgehead atoms. The Balaban J connectivity index is 1.52. The fourth-order valence-electron chi connectivity index (χ4n) is 7.63. The quantitative estimate of drug-likeness (QED) is 0.0919. The van der Waals surface area contributed by atoms with Gasteiger partial charge < -0.3 is 29.6 Å². The van der Waals surface area contributed by atoms with Gasteiger partial charge in [-0.1, -0.05) is 179 Å². The van der Waals surface area contributed by atoms with Crippen LogP contribution in [0.1, 0.15) is 194 Å². The number of hydrogen-bond donors (Lipinski definition) is 2. The predicted molar refractivity (Wildman–Crippen MR) is 239 cm³/mol. The topological polar surface area (TPSA) is 95.1 Å². The molecule has 1 aliphatic heterocycles. The number of nitrogens with one attached hydrogen (secondary N) is 2. The van der Waals surface area contributed by atoms with Crippen molar-refractivity contribution in [1.29, 1.82) is 0 Å². The summed E-state index contributed by atoms with van der Waals surface area (Å²) in [6, 6.07) is 15.2. The first kappa shape index (κ1) is 48.9. The molecule has 2 amide bonds. The molecule has 0 spiro atoms. The molecule has 2 atom stereocenters. The molecule has 8 heteroatoms. The van der Waals surface area contributed by atoms with Crippen molar-refractivity contribution in [3.8, 4) is 23.0 Å². The van der Waals surface area contributed by atoms with Crippen LogP contribution in [0.3, 0.4) is 0 Å². The van der Waals surface area contributed by atoms with Gasteiger partial charge >= 0.3 is 0 Å². The number of ether oxygens (including phenoxy) is 4. The number of carbonyl (C=O) groups is 2. The highest BCUT2D eigenvalue weighted by Gasteiger charge is 2.24. The van der Waals surface area contributed by atoms with Gasteiger partial charge in [-0.15, -0.1) is 0 Å². The highest BCUT2D eigenvalue weighted by Crippen LogP contribution is 2.31. The molecule has 0 saturated carbocycles. The van der Waals surface area contributed by atoms with Gasteiger partial charge in [0.05, 0.1) is 13.2 Å². The maximum Gasteiger partial charge on any atom is 0.261 e. The molecule has 2 N–H and O–H groups in total. The van der Waals surface area contributed by atoms with Crippen LogP contribution in [0, 0.1) is 0 Å². The summed E-state index contributed by atoms with van der Waals surface area (Å²) in [5, 5.41) is 6.18. The minimum Gasteiger partial charge on any atom is -0.490 e. The Morgan fingerprint density at radius 2 is 0.741 bits per heavy atom. The van der Waals surface area contributed by atoms with Gasteiger partial charge in [0.15, 0.2) is 35.2 Å². The Hall–Kier alpha value is -3.42. The molecule has 2 aromatic carbocycles. The van der Waals surface area contributed by atoms with Crippen LogP contribution in [0.2, 0.25) is 0 Å². The lowest BCUT2D eigenvalue weighted by Crippen LogP contribution is -2.41. The zero-order valence-electron chi connectivity index (χ0n) is 36.9. The highest BCUT2D eigenvalue weighted by atomic mass is 16.5. The van der Waals surface area contributed by atoms with E-state index in [2.05, 4.69) is 24.5 Å². The van der Waals surface area contributed by atoms with E-state index in [4.69, 9.17) is 18.9 Å². The molecule has 0 aliphatic carbocycles. The Labute approximate surface area is 353 Å². The van der Waals surface area contributed by atoms with Crippen molar-refractivity contribution in [2.45, 2.75) is 206 Å². The van der Waals surface area contributed by atoms with E-state index in [-0.39, 0.29) is 11.8 Å². The Kier molecular flexibility index (Phi) is 28.2. The second-order valence-electron chi connectivity index (χ2n) is 16.4. The molecule has 328 valence electrons. The minimum absolute atomic E-state index is 0.128. The predicted octanol–water partition coefficient (Wildman–Crippen LogP) is 12.8. The number of benzene rings is 2. The zero-order valence-corrected chi connectivity index (χ0v) is 36.9. The largest absolute Gasteiger partial charge is 0.490 e. The van der Waals surface area contributed by atoms with Crippen LogP contribution < -0.4 is 29.6 Å². The third kappa shape index (κ3) is 22.7. The summed E-state index contributed by atoms with van der Waals surface area (Å²) in [4.78, 5) is 27.1. The molecular formula is C50H82N2O6. The standard InChI is InChI=1S/C50H82N2O6/c1-3-5-7-9-11-13-15-17-19-21-23-25-37-47-49(53)51-39-31-40-52-50(54)48(38-26-24-22-20-18-16-14-12-10-8-6-4-2)58-46-36-30-28-34-44(46)56-42-32-41-55-43-33-27-29-35-45(43)57-47/h27-30,33-36,47-48H,3-26,31-32,37-42H2,1-2H3,(H,51,53)(H,52,54). The van der Waals surface area contributed by atoms with Crippen molar-refractivity contribution in [3.05, 3.63) is 48.5 Å². The summed E-state index contributed by atoms with van der Waals surface area (Å²) in [5.74, 6) is 2.13. The molecule has 8 nitrogen and oxygen atoms in total. The van der Waals surface area contributed by atoms with Crippen LogP contribution in [-0.4, -0.2) is 50.3 Å². The van der Waals surface area contributed by atoms with E-state index in [1.807, 2.05) is 48.5 Å². The number of unbranched alkanes of at least 4 members (excludes halogenated alkanes) is 22. The molecule has 1 heterocycles. The lowest BCUT2D eigenvalue weighted by atomic mass is 10.0. The number of para-hydroxylation sites is 4. The van der Waals surface area contributed by atoms with E-state index in [1.165, 1.54) is 128 Å². The van der Waals surface area contributed by atoms with E-state index >= 15 is 0 Å². The van der Waals surface area contributed by atoms with Gasteiger partial charge in [-0.2, -0.15) is 0 Å². The van der Waals surface area contributed by atoms with E-state index in [9.17, 15) is 9.59 Å². The first-order valence-corrected chi connectivity index (χ1v) is 23.9. The van der Waals surface area contributed by atoms with Crippen molar-refractivity contribution >= 4 is 11.8 Å². The van der Waals surface area contributed by atoms with E-state index in [0.717, 1.165) is 25.7 Å². The van der Waals surface area contributed by atoms with Crippen molar-refractivity contribution in [1.82, 2.24) is 10.6 Å². The monoisotopic (exact) mass is 807 g/mol. The zero-order chi connectivity index (χ0) is 41.1. The van der Waals surface area contributed by atoms with Crippen molar-refractivity contribution in [3.63, 3.8) is 0 Å². The van der Waals surface area contributed by atoms with E-state index < -0.39 is 12.2 Å². The summed E-state index contributed by atoms with van der Waals surface area (Å²) in [6.07, 6.45) is 31.6. The summed E-state index contributed by atoms with van der Waals surface area (Å²) < 4.78 is 25.2. The minimum atomic E-state index is -0.624. The Morgan fingerprint density at radius 3 is 1.09 bits per heavy atom. The molecule has 2 unspecified atom stereocenters. The summed E-state index contributed by atoms with van der Waals surface area (Å²) in [5.41, 5.74) is 0. The number of rotatable bonds is 26. The summed E-state index contributed by atoms with van der Waals surface area (Å²) in [6.45, 7) is 6.26.